The average molecular weight is 332 g/mol. The molecular weight excluding hydrogens is 318 g/mol. The molecule has 0 spiro atoms. The summed E-state index contributed by atoms with van der Waals surface area (Å²) in [5, 5.41) is 3.79. The monoisotopic (exact) mass is 332 g/mol. The SMILES string of the molecule is CC(Cc1ccsc1)NS(=O)(=O)c1cc(N)c(F)cc1F. The van der Waals surface area contributed by atoms with E-state index in [0.29, 0.717) is 12.5 Å². The number of hydrogen-bond donors (Lipinski definition) is 2. The third-order valence-electron chi connectivity index (χ3n) is 2.82. The van der Waals surface area contributed by atoms with Crippen LogP contribution in [-0.4, -0.2) is 14.5 Å². The summed E-state index contributed by atoms with van der Waals surface area (Å²) in [7, 11) is -4.10. The highest BCUT2D eigenvalue weighted by atomic mass is 32.2. The van der Waals surface area contributed by atoms with Gasteiger partial charge in [0.15, 0.2) is 0 Å². The van der Waals surface area contributed by atoms with Gasteiger partial charge in [-0.15, -0.1) is 0 Å². The molecule has 0 aliphatic carbocycles. The van der Waals surface area contributed by atoms with E-state index in [0.717, 1.165) is 11.6 Å². The summed E-state index contributed by atoms with van der Waals surface area (Å²) in [4.78, 5) is -0.654. The lowest BCUT2D eigenvalue weighted by molar-refractivity contribution is 0.534. The van der Waals surface area contributed by atoms with Crippen molar-refractivity contribution in [3.63, 3.8) is 0 Å². The van der Waals surface area contributed by atoms with E-state index in [1.54, 1.807) is 6.92 Å². The third kappa shape index (κ3) is 3.78. The normalized spacial score (nSPS) is 13.3. The molecule has 8 heteroatoms. The van der Waals surface area contributed by atoms with Crippen LogP contribution in [0.1, 0.15) is 12.5 Å². The second kappa shape index (κ2) is 6.08. The zero-order valence-electron chi connectivity index (χ0n) is 11.1. The van der Waals surface area contributed by atoms with Crippen LogP contribution >= 0.6 is 11.3 Å². The van der Waals surface area contributed by atoms with Crippen LogP contribution in [-0.2, 0) is 16.4 Å². The van der Waals surface area contributed by atoms with Crippen molar-refractivity contribution in [3.05, 3.63) is 46.2 Å². The molecule has 1 aromatic heterocycles. The lowest BCUT2D eigenvalue weighted by atomic mass is 10.1. The van der Waals surface area contributed by atoms with E-state index >= 15 is 0 Å². The van der Waals surface area contributed by atoms with E-state index in [2.05, 4.69) is 4.72 Å². The molecule has 21 heavy (non-hydrogen) atoms. The van der Waals surface area contributed by atoms with Gasteiger partial charge in [0.2, 0.25) is 10.0 Å². The van der Waals surface area contributed by atoms with Gasteiger partial charge in [0.05, 0.1) is 5.69 Å². The third-order valence-corrected chi connectivity index (χ3v) is 5.16. The van der Waals surface area contributed by atoms with Gasteiger partial charge in [0, 0.05) is 12.1 Å². The zero-order valence-corrected chi connectivity index (χ0v) is 12.8. The lowest BCUT2D eigenvalue weighted by Crippen LogP contribution is -2.34. The predicted molar refractivity (Wildman–Crippen MR) is 78.6 cm³/mol. The summed E-state index contributed by atoms with van der Waals surface area (Å²) in [5.74, 6) is -2.16. The number of nitrogen functional groups attached to an aromatic ring is 1. The Morgan fingerprint density at radius 2 is 2.05 bits per heavy atom. The number of sulfonamides is 1. The second-order valence-electron chi connectivity index (χ2n) is 4.66. The number of nitrogens with two attached hydrogens (primary N) is 1. The fraction of sp³-hybridized carbons (Fsp3) is 0.231. The molecule has 114 valence electrons. The summed E-state index contributed by atoms with van der Waals surface area (Å²) in [6.07, 6.45) is 0.473. The van der Waals surface area contributed by atoms with E-state index in [4.69, 9.17) is 5.73 Å². The molecule has 0 amide bonds. The highest BCUT2D eigenvalue weighted by Gasteiger charge is 2.23. The molecule has 0 bridgehead atoms. The largest absolute Gasteiger partial charge is 0.396 e. The first-order chi connectivity index (χ1) is 9.79. The van der Waals surface area contributed by atoms with Crippen LogP contribution in [0.3, 0.4) is 0 Å². The molecule has 0 saturated carbocycles. The number of anilines is 1. The molecule has 2 rings (SSSR count). The van der Waals surface area contributed by atoms with Crippen molar-refractivity contribution in [3.8, 4) is 0 Å². The fourth-order valence-corrected chi connectivity index (χ4v) is 3.90. The molecule has 0 fully saturated rings. The standard InChI is InChI=1S/C13H14F2N2O2S2/c1-8(4-9-2-3-20-7-9)17-21(18,19)13-6-12(16)10(14)5-11(13)15/h2-3,5-8,17H,4,16H2,1H3. The molecule has 0 aliphatic rings. The first-order valence-corrected chi connectivity index (χ1v) is 8.50. The molecule has 0 saturated heterocycles. The summed E-state index contributed by atoms with van der Waals surface area (Å²) in [6, 6.07) is 2.69. The molecule has 0 aliphatic heterocycles. The Labute approximate surface area is 125 Å². The molecule has 1 heterocycles. The maximum absolute atomic E-state index is 13.6. The maximum atomic E-state index is 13.6. The number of halogens is 2. The Bertz CT molecular complexity index is 731. The quantitative estimate of drug-likeness (QED) is 0.827. The predicted octanol–water partition coefficient (Wildman–Crippen LogP) is 2.52. The van der Waals surface area contributed by atoms with Crippen LogP contribution in [0.5, 0.6) is 0 Å². The molecule has 2 aromatic rings. The van der Waals surface area contributed by atoms with Gasteiger partial charge in [-0.3, -0.25) is 0 Å². The highest BCUT2D eigenvalue weighted by molar-refractivity contribution is 7.89. The Morgan fingerprint density at radius 1 is 1.33 bits per heavy atom. The first-order valence-electron chi connectivity index (χ1n) is 6.07. The van der Waals surface area contributed by atoms with Crippen molar-refractivity contribution in [2.45, 2.75) is 24.3 Å². The van der Waals surface area contributed by atoms with Gasteiger partial charge in [-0.25, -0.2) is 21.9 Å². The topological polar surface area (TPSA) is 72.2 Å². The zero-order chi connectivity index (χ0) is 15.6. The smallest absolute Gasteiger partial charge is 0.243 e. The maximum Gasteiger partial charge on any atom is 0.243 e. The van der Waals surface area contributed by atoms with Gasteiger partial charge in [-0.2, -0.15) is 11.3 Å². The number of thiophene rings is 1. The molecule has 1 atom stereocenters. The summed E-state index contributed by atoms with van der Waals surface area (Å²) in [6.45, 7) is 1.67. The van der Waals surface area contributed by atoms with Gasteiger partial charge < -0.3 is 5.73 Å². The summed E-state index contributed by atoms with van der Waals surface area (Å²) >= 11 is 1.51. The minimum atomic E-state index is -4.10. The second-order valence-corrected chi connectivity index (χ2v) is 7.12. The number of benzene rings is 1. The molecule has 1 unspecified atom stereocenters. The van der Waals surface area contributed by atoms with Crippen molar-refractivity contribution >= 4 is 27.0 Å². The van der Waals surface area contributed by atoms with Crippen LogP contribution in [0.2, 0.25) is 0 Å². The number of rotatable bonds is 5. The number of nitrogens with one attached hydrogen (secondary N) is 1. The van der Waals surface area contributed by atoms with Crippen molar-refractivity contribution < 1.29 is 17.2 Å². The Balaban J connectivity index is 2.20. The van der Waals surface area contributed by atoms with E-state index in [-0.39, 0.29) is 0 Å². The Morgan fingerprint density at radius 3 is 2.67 bits per heavy atom. The van der Waals surface area contributed by atoms with Crippen molar-refractivity contribution in [1.29, 1.82) is 0 Å². The van der Waals surface area contributed by atoms with Gasteiger partial charge in [-0.05, 0) is 41.8 Å². The fourth-order valence-electron chi connectivity index (χ4n) is 1.88. The van der Waals surface area contributed by atoms with Crippen molar-refractivity contribution in [1.82, 2.24) is 4.72 Å². The van der Waals surface area contributed by atoms with Crippen LogP contribution < -0.4 is 10.5 Å². The molecule has 4 nitrogen and oxygen atoms in total. The van der Waals surface area contributed by atoms with Crippen molar-refractivity contribution in [2.24, 2.45) is 0 Å². The van der Waals surface area contributed by atoms with E-state index in [1.165, 1.54) is 11.3 Å². The van der Waals surface area contributed by atoms with E-state index < -0.39 is 38.3 Å². The Kier molecular flexibility index (Phi) is 4.60. The van der Waals surface area contributed by atoms with Crippen LogP contribution in [0, 0.1) is 11.6 Å². The first kappa shape index (κ1) is 15.9. The van der Waals surface area contributed by atoms with Crippen LogP contribution in [0.25, 0.3) is 0 Å². The van der Waals surface area contributed by atoms with Gasteiger partial charge in [0.1, 0.15) is 16.5 Å². The average Bonchev–Trinajstić information content (AvgIpc) is 2.85. The molecular formula is C13H14F2N2O2S2. The van der Waals surface area contributed by atoms with Gasteiger partial charge in [0.25, 0.3) is 0 Å². The minimum Gasteiger partial charge on any atom is -0.396 e. The van der Waals surface area contributed by atoms with E-state index in [9.17, 15) is 17.2 Å². The minimum absolute atomic E-state index is 0.415. The summed E-state index contributed by atoms with van der Waals surface area (Å²) < 4.78 is 53.3. The van der Waals surface area contributed by atoms with Gasteiger partial charge in [-0.1, -0.05) is 0 Å². The van der Waals surface area contributed by atoms with Gasteiger partial charge >= 0.3 is 0 Å². The van der Waals surface area contributed by atoms with E-state index in [1.807, 2.05) is 16.8 Å². The van der Waals surface area contributed by atoms with Crippen molar-refractivity contribution in [2.75, 3.05) is 5.73 Å². The molecule has 1 aromatic carbocycles. The Hall–Kier alpha value is -1.51. The lowest BCUT2D eigenvalue weighted by Gasteiger charge is -2.14. The number of hydrogen-bond acceptors (Lipinski definition) is 4. The van der Waals surface area contributed by atoms with Crippen LogP contribution in [0.4, 0.5) is 14.5 Å². The summed E-state index contributed by atoms with van der Waals surface area (Å²) in [5.41, 5.74) is 5.86. The van der Waals surface area contributed by atoms with Crippen LogP contribution in [0.15, 0.2) is 33.9 Å². The molecule has 3 N–H and O–H groups in total. The molecule has 0 radical (unpaired) electrons. The highest BCUT2D eigenvalue weighted by Crippen LogP contribution is 2.21.